The zero-order valence-corrected chi connectivity index (χ0v) is 13.0. The fourth-order valence-electron chi connectivity index (χ4n) is 3.55. The molecule has 1 amide bonds. The van der Waals surface area contributed by atoms with Crippen LogP contribution >= 0.6 is 15.9 Å². The van der Waals surface area contributed by atoms with E-state index in [1.54, 1.807) is 18.5 Å². The van der Waals surface area contributed by atoms with Crippen LogP contribution in [0.1, 0.15) is 33.8 Å². The highest BCUT2D eigenvalue weighted by Gasteiger charge is 2.53. The average Bonchev–Trinajstić information content (AvgIpc) is 3.21. The molecular formula is C17H15BrN2O. The van der Waals surface area contributed by atoms with E-state index in [0.717, 1.165) is 10.9 Å². The molecule has 1 heterocycles. The van der Waals surface area contributed by atoms with Crippen LogP contribution in [0.4, 0.5) is 0 Å². The molecule has 4 heteroatoms. The summed E-state index contributed by atoms with van der Waals surface area (Å²) in [7, 11) is 0. The first kappa shape index (κ1) is 13.0. The van der Waals surface area contributed by atoms with Crippen LogP contribution in [0.15, 0.2) is 47.2 Å². The van der Waals surface area contributed by atoms with Crippen LogP contribution in [0.3, 0.4) is 0 Å². The molecule has 0 unspecified atom stereocenters. The van der Waals surface area contributed by atoms with E-state index in [1.807, 2.05) is 0 Å². The summed E-state index contributed by atoms with van der Waals surface area (Å²) < 4.78 is 0.742. The number of nitrogens with one attached hydrogen (secondary N) is 1. The molecule has 1 N–H and O–H groups in total. The van der Waals surface area contributed by atoms with Gasteiger partial charge < -0.3 is 5.32 Å². The van der Waals surface area contributed by atoms with Crippen LogP contribution in [0.2, 0.25) is 0 Å². The lowest BCUT2D eigenvalue weighted by atomic mass is 9.92. The number of hydrogen-bond acceptors (Lipinski definition) is 2. The lowest BCUT2D eigenvalue weighted by Crippen LogP contribution is -2.27. The summed E-state index contributed by atoms with van der Waals surface area (Å²) in [5.74, 6) is 1.09. The highest BCUT2D eigenvalue weighted by atomic mass is 79.9. The van der Waals surface area contributed by atoms with Crippen molar-refractivity contribution in [2.75, 3.05) is 0 Å². The molecule has 4 rings (SSSR count). The number of carbonyl (C=O) groups is 1. The third kappa shape index (κ3) is 2.18. The fourth-order valence-corrected chi connectivity index (χ4v) is 3.98. The Bertz CT molecular complexity index is 715. The largest absolute Gasteiger partial charge is 0.348 e. The number of nitrogens with zero attached hydrogens (tertiary/aromatic N) is 1. The van der Waals surface area contributed by atoms with E-state index in [-0.39, 0.29) is 11.9 Å². The fraction of sp³-hybridized carbons (Fsp3) is 0.294. The van der Waals surface area contributed by atoms with Crippen molar-refractivity contribution in [3.63, 3.8) is 0 Å². The molecular weight excluding hydrogens is 328 g/mol. The number of aromatic nitrogens is 1. The van der Waals surface area contributed by atoms with Gasteiger partial charge in [-0.15, -0.1) is 0 Å². The third-order valence-electron chi connectivity index (χ3n) is 4.64. The van der Waals surface area contributed by atoms with Crippen molar-refractivity contribution >= 4 is 21.8 Å². The maximum Gasteiger partial charge on any atom is 0.252 e. The molecule has 1 aromatic heterocycles. The zero-order valence-electron chi connectivity index (χ0n) is 11.4. The molecule has 0 saturated heterocycles. The van der Waals surface area contributed by atoms with Gasteiger partial charge in [-0.3, -0.25) is 9.78 Å². The van der Waals surface area contributed by atoms with Gasteiger partial charge in [-0.25, -0.2) is 0 Å². The Balaban J connectivity index is 1.54. The first-order valence-corrected chi connectivity index (χ1v) is 8.03. The van der Waals surface area contributed by atoms with Crippen LogP contribution < -0.4 is 5.32 Å². The van der Waals surface area contributed by atoms with Crippen molar-refractivity contribution in [3.8, 4) is 0 Å². The molecule has 0 bridgehead atoms. The Hall–Kier alpha value is -1.68. The second kappa shape index (κ2) is 4.95. The number of carbonyl (C=O) groups excluding carboxylic acids is 1. The van der Waals surface area contributed by atoms with E-state index in [9.17, 15) is 4.79 Å². The normalized spacial score (nSPS) is 25.7. The van der Waals surface area contributed by atoms with Crippen LogP contribution in [0, 0.1) is 5.92 Å². The lowest BCUT2D eigenvalue weighted by molar-refractivity contribution is 0.0947. The predicted octanol–water partition coefficient (Wildman–Crippen LogP) is 3.30. The summed E-state index contributed by atoms with van der Waals surface area (Å²) in [5, 5.41) is 3.20. The molecule has 3 nitrogen and oxygen atoms in total. The summed E-state index contributed by atoms with van der Waals surface area (Å²) in [6.07, 6.45) is 5.60. The Morgan fingerprint density at radius 2 is 2.14 bits per heavy atom. The third-order valence-corrected chi connectivity index (χ3v) is 5.28. The summed E-state index contributed by atoms with van der Waals surface area (Å²) in [6, 6.07) is 10.6. The number of fused-ring (bicyclic) bond motifs is 3. The van der Waals surface area contributed by atoms with Crippen molar-refractivity contribution in [1.29, 1.82) is 0 Å². The van der Waals surface area contributed by atoms with Gasteiger partial charge in [0.1, 0.15) is 0 Å². The Morgan fingerprint density at radius 1 is 1.29 bits per heavy atom. The van der Waals surface area contributed by atoms with Crippen LogP contribution in [-0.2, 0) is 6.42 Å². The summed E-state index contributed by atoms with van der Waals surface area (Å²) in [4.78, 5) is 16.4. The second-order valence-electron chi connectivity index (χ2n) is 5.78. The topological polar surface area (TPSA) is 42.0 Å². The van der Waals surface area contributed by atoms with Crippen LogP contribution in [-0.4, -0.2) is 16.9 Å². The summed E-state index contributed by atoms with van der Waals surface area (Å²) >= 11 is 3.39. The van der Waals surface area contributed by atoms with E-state index in [4.69, 9.17) is 0 Å². The molecule has 21 heavy (non-hydrogen) atoms. The van der Waals surface area contributed by atoms with Gasteiger partial charge in [0.15, 0.2) is 0 Å². The molecule has 1 fully saturated rings. The summed E-state index contributed by atoms with van der Waals surface area (Å²) in [6.45, 7) is 0. The molecule has 1 saturated carbocycles. The van der Waals surface area contributed by atoms with Crippen molar-refractivity contribution in [2.45, 2.75) is 24.8 Å². The molecule has 0 aliphatic heterocycles. The lowest BCUT2D eigenvalue weighted by Gasteiger charge is -2.13. The molecule has 1 aromatic carbocycles. The smallest absolute Gasteiger partial charge is 0.252 e. The van der Waals surface area contributed by atoms with Gasteiger partial charge in [-0.05, 0) is 51.9 Å². The summed E-state index contributed by atoms with van der Waals surface area (Å²) in [5.41, 5.74) is 3.52. The monoisotopic (exact) mass is 342 g/mol. The van der Waals surface area contributed by atoms with E-state index in [0.29, 0.717) is 17.4 Å². The van der Waals surface area contributed by atoms with Gasteiger partial charge in [-0.1, -0.05) is 24.3 Å². The molecule has 106 valence electrons. The predicted molar refractivity (Wildman–Crippen MR) is 84.2 cm³/mol. The first-order chi connectivity index (χ1) is 10.3. The van der Waals surface area contributed by atoms with Crippen molar-refractivity contribution in [1.82, 2.24) is 10.3 Å². The Morgan fingerprint density at radius 3 is 3.00 bits per heavy atom. The number of benzene rings is 1. The second-order valence-corrected chi connectivity index (χ2v) is 6.64. The standard InChI is InChI=1S/C17H15BrN2O/c18-14-9-19-8-7-12(14)17(21)20-16-13-6-5-10-3-1-2-4-11(10)15(13)16/h1-4,7-9,13,15-16H,5-6H2,(H,20,21)/t13-,15-,16-/m1/s1. The minimum Gasteiger partial charge on any atom is -0.348 e. The molecule has 0 radical (unpaired) electrons. The maximum absolute atomic E-state index is 12.4. The van der Waals surface area contributed by atoms with Crippen molar-refractivity contribution in [3.05, 3.63) is 63.9 Å². The maximum atomic E-state index is 12.4. The number of hydrogen-bond donors (Lipinski definition) is 1. The van der Waals surface area contributed by atoms with E-state index in [1.165, 1.54) is 17.5 Å². The number of pyridine rings is 1. The van der Waals surface area contributed by atoms with Gasteiger partial charge in [0.2, 0.25) is 0 Å². The first-order valence-electron chi connectivity index (χ1n) is 7.24. The number of halogens is 1. The minimum absolute atomic E-state index is 0.0128. The molecule has 2 aliphatic carbocycles. The van der Waals surface area contributed by atoms with E-state index < -0.39 is 0 Å². The van der Waals surface area contributed by atoms with Gasteiger partial charge in [0, 0.05) is 28.8 Å². The van der Waals surface area contributed by atoms with Crippen LogP contribution in [0.5, 0.6) is 0 Å². The highest BCUT2D eigenvalue weighted by molar-refractivity contribution is 9.10. The average molecular weight is 343 g/mol. The SMILES string of the molecule is O=C(N[C@@H]1[C@@H]2CCc3ccccc3[C@H]21)c1ccncc1Br. The number of rotatable bonds is 2. The van der Waals surface area contributed by atoms with Crippen LogP contribution in [0.25, 0.3) is 0 Å². The van der Waals surface area contributed by atoms with Crippen molar-refractivity contribution in [2.24, 2.45) is 5.92 Å². The van der Waals surface area contributed by atoms with Gasteiger partial charge in [0.05, 0.1) is 5.56 Å². The quantitative estimate of drug-likeness (QED) is 0.909. The molecule has 2 aliphatic rings. The van der Waals surface area contributed by atoms with Gasteiger partial charge in [-0.2, -0.15) is 0 Å². The number of amides is 1. The molecule has 0 spiro atoms. The highest BCUT2D eigenvalue weighted by Crippen LogP contribution is 2.54. The zero-order chi connectivity index (χ0) is 14.4. The Kier molecular flexibility index (Phi) is 3.07. The van der Waals surface area contributed by atoms with Gasteiger partial charge >= 0.3 is 0 Å². The van der Waals surface area contributed by atoms with E-state index in [2.05, 4.69) is 50.5 Å². The van der Waals surface area contributed by atoms with E-state index >= 15 is 0 Å². The number of aryl methyl sites for hydroxylation is 1. The van der Waals surface area contributed by atoms with Crippen molar-refractivity contribution < 1.29 is 4.79 Å². The minimum atomic E-state index is -0.0128. The van der Waals surface area contributed by atoms with Gasteiger partial charge in [0.25, 0.3) is 5.91 Å². The molecule has 2 aromatic rings. The Labute approximate surface area is 131 Å². The molecule has 3 atom stereocenters.